The second-order valence-electron chi connectivity index (χ2n) is 5.64. The van der Waals surface area contributed by atoms with Crippen molar-refractivity contribution in [3.05, 3.63) is 24.3 Å². The first-order chi connectivity index (χ1) is 8.31. The highest BCUT2D eigenvalue weighted by molar-refractivity contribution is 7.89. The molecule has 2 N–H and O–H groups in total. The molecule has 100 valence electrons. The number of hydrogen-bond acceptors (Lipinski definition) is 3. The summed E-state index contributed by atoms with van der Waals surface area (Å²) in [6.07, 6.45) is 1.79. The lowest BCUT2D eigenvalue weighted by atomic mass is 9.83. The summed E-state index contributed by atoms with van der Waals surface area (Å²) in [4.78, 5) is 0.294. The first-order valence-electron chi connectivity index (χ1n) is 6.17. The Morgan fingerprint density at radius 2 is 1.83 bits per heavy atom. The van der Waals surface area contributed by atoms with Gasteiger partial charge in [0.05, 0.1) is 4.90 Å². The van der Waals surface area contributed by atoms with Crippen LogP contribution in [0.25, 0.3) is 0 Å². The SMILES string of the molecule is CC1(C)CCN(S(=O)(=O)c2cccc(N)c2)CC1. The minimum atomic E-state index is -3.38. The van der Waals surface area contributed by atoms with E-state index in [0.29, 0.717) is 23.7 Å². The normalized spacial score (nSPS) is 20.8. The van der Waals surface area contributed by atoms with Crippen LogP contribution in [-0.2, 0) is 10.0 Å². The van der Waals surface area contributed by atoms with E-state index in [9.17, 15) is 8.42 Å². The molecule has 5 heteroatoms. The van der Waals surface area contributed by atoms with Crippen molar-refractivity contribution in [1.29, 1.82) is 0 Å². The van der Waals surface area contributed by atoms with E-state index >= 15 is 0 Å². The molecule has 1 heterocycles. The van der Waals surface area contributed by atoms with Gasteiger partial charge in [-0.05, 0) is 36.5 Å². The van der Waals surface area contributed by atoms with E-state index in [1.54, 1.807) is 22.5 Å². The van der Waals surface area contributed by atoms with Crippen molar-refractivity contribution in [3.63, 3.8) is 0 Å². The molecule has 0 bridgehead atoms. The van der Waals surface area contributed by atoms with Gasteiger partial charge in [-0.3, -0.25) is 0 Å². The zero-order chi connectivity index (χ0) is 13.4. The third-order valence-electron chi connectivity index (χ3n) is 3.57. The van der Waals surface area contributed by atoms with E-state index in [0.717, 1.165) is 12.8 Å². The molecule has 0 saturated carbocycles. The summed E-state index contributed by atoms with van der Waals surface area (Å²) >= 11 is 0. The van der Waals surface area contributed by atoms with Crippen LogP contribution in [0.1, 0.15) is 26.7 Å². The largest absolute Gasteiger partial charge is 0.399 e. The number of nitrogens with two attached hydrogens (primary N) is 1. The number of hydrogen-bond donors (Lipinski definition) is 1. The summed E-state index contributed by atoms with van der Waals surface area (Å²) in [5.74, 6) is 0. The van der Waals surface area contributed by atoms with E-state index in [1.165, 1.54) is 6.07 Å². The zero-order valence-electron chi connectivity index (χ0n) is 10.9. The van der Waals surface area contributed by atoms with E-state index in [2.05, 4.69) is 13.8 Å². The smallest absolute Gasteiger partial charge is 0.243 e. The third-order valence-corrected chi connectivity index (χ3v) is 5.47. The lowest BCUT2D eigenvalue weighted by Gasteiger charge is -2.36. The number of rotatable bonds is 2. The maximum absolute atomic E-state index is 12.4. The highest BCUT2D eigenvalue weighted by atomic mass is 32.2. The molecule has 1 fully saturated rings. The standard InChI is InChI=1S/C13H20N2O2S/c1-13(2)6-8-15(9-7-13)18(16,17)12-5-3-4-11(14)10-12/h3-5,10H,6-9,14H2,1-2H3. The summed E-state index contributed by atoms with van der Waals surface area (Å²) in [5, 5.41) is 0. The molecular weight excluding hydrogens is 248 g/mol. The van der Waals surface area contributed by atoms with Crippen LogP contribution in [0.5, 0.6) is 0 Å². The Hall–Kier alpha value is -1.07. The lowest BCUT2D eigenvalue weighted by molar-refractivity contribution is 0.196. The first-order valence-corrected chi connectivity index (χ1v) is 7.61. The van der Waals surface area contributed by atoms with Gasteiger partial charge >= 0.3 is 0 Å². The monoisotopic (exact) mass is 268 g/mol. The van der Waals surface area contributed by atoms with Crippen LogP contribution in [0, 0.1) is 5.41 Å². The van der Waals surface area contributed by atoms with E-state index < -0.39 is 10.0 Å². The second kappa shape index (κ2) is 4.55. The van der Waals surface area contributed by atoms with Crippen LogP contribution >= 0.6 is 0 Å². The predicted molar refractivity (Wildman–Crippen MR) is 72.6 cm³/mol. The van der Waals surface area contributed by atoms with Crippen molar-refractivity contribution >= 4 is 15.7 Å². The fourth-order valence-corrected chi connectivity index (χ4v) is 3.65. The van der Waals surface area contributed by atoms with Gasteiger partial charge in [-0.25, -0.2) is 8.42 Å². The first kappa shape index (κ1) is 13.4. The highest BCUT2D eigenvalue weighted by Gasteiger charge is 2.32. The number of nitrogens with zero attached hydrogens (tertiary/aromatic N) is 1. The quantitative estimate of drug-likeness (QED) is 0.835. The van der Waals surface area contributed by atoms with Crippen molar-refractivity contribution in [2.24, 2.45) is 5.41 Å². The van der Waals surface area contributed by atoms with Gasteiger partial charge in [0.2, 0.25) is 10.0 Å². The molecule has 1 aliphatic rings. The maximum atomic E-state index is 12.4. The number of nitrogen functional groups attached to an aromatic ring is 1. The topological polar surface area (TPSA) is 63.4 Å². The average Bonchev–Trinajstić information content (AvgIpc) is 2.28. The van der Waals surface area contributed by atoms with E-state index in [-0.39, 0.29) is 5.41 Å². The van der Waals surface area contributed by atoms with Crippen molar-refractivity contribution < 1.29 is 8.42 Å². The van der Waals surface area contributed by atoms with Crippen LogP contribution in [0.15, 0.2) is 29.2 Å². The van der Waals surface area contributed by atoms with Crippen LogP contribution < -0.4 is 5.73 Å². The third kappa shape index (κ3) is 2.67. The van der Waals surface area contributed by atoms with Gasteiger partial charge in [0, 0.05) is 18.8 Å². The highest BCUT2D eigenvalue weighted by Crippen LogP contribution is 2.32. The van der Waals surface area contributed by atoms with Crippen LogP contribution in [0.4, 0.5) is 5.69 Å². The molecule has 1 saturated heterocycles. The zero-order valence-corrected chi connectivity index (χ0v) is 11.7. The predicted octanol–water partition coefficient (Wildman–Crippen LogP) is 2.08. The maximum Gasteiger partial charge on any atom is 0.243 e. The number of piperidine rings is 1. The number of anilines is 1. The Labute approximate surface area is 109 Å². The summed E-state index contributed by atoms with van der Waals surface area (Å²) in [5.41, 5.74) is 6.36. The molecule has 0 radical (unpaired) electrons. The number of sulfonamides is 1. The second-order valence-corrected chi connectivity index (χ2v) is 7.58. The lowest BCUT2D eigenvalue weighted by Crippen LogP contribution is -2.41. The Morgan fingerprint density at radius 3 is 2.39 bits per heavy atom. The van der Waals surface area contributed by atoms with Gasteiger partial charge in [-0.2, -0.15) is 4.31 Å². The molecule has 0 atom stereocenters. The van der Waals surface area contributed by atoms with Gasteiger partial charge in [0.15, 0.2) is 0 Å². The molecule has 0 aliphatic carbocycles. The van der Waals surface area contributed by atoms with E-state index in [1.807, 2.05) is 0 Å². The minimum Gasteiger partial charge on any atom is -0.399 e. The van der Waals surface area contributed by atoms with E-state index in [4.69, 9.17) is 5.73 Å². The van der Waals surface area contributed by atoms with Crippen LogP contribution in [-0.4, -0.2) is 25.8 Å². The molecule has 0 spiro atoms. The number of benzene rings is 1. The van der Waals surface area contributed by atoms with Crippen molar-refractivity contribution in [1.82, 2.24) is 4.31 Å². The molecule has 0 amide bonds. The van der Waals surface area contributed by atoms with Crippen LogP contribution in [0.3, 0.4) is 0 Å². The molecule has 2 rings (SSSR count). The van der Waals surface area contributed by atoms with Gasteiger partial charge < -0.3 is 5.73 Å². The van der Waals surface area contributed by atoms with Crippen molar-refractivity contribution in [2.75, 3.05) is 18.8 Å². The van der Waals surface area contributed by atoms with Gasteiger partial charge in [-0.1, -0.05) is 19.9 Å². The Kier molecular flexibility index (Phi) is 3.38. The fraction of sp³-hybridized carbons (Fsp3) is 0.538. The molecule has 4 nitrogen and oxygen atoms in total. The summed E-state index contributed by atoms with van der Waals surface area (Å²) in [6, 6.07) is 6.49. The van der Waals surface area contributed by atoms with Gasteiger partial charge in [-0.15, -0.1) is 0 Å². The summed E-state index contributed by atoms with van der Waals surface area (Å²) in [6.45, 7) is 5.53. The minimum absolute atomic E-state index is 0.238. The molecule has 0 unspecified atom stereocenters. The summed E-state index contributed by atoms with van der Waals surface area (Å²) in [7, 11) is -3.38. The molecule has 18 heavy (non-hydrogen) atoms. The molecule has 0 aromatic heterocycles. The van der Waals surface area contributed by atoms with Crippen molar-refractivity contribution in [2.45, 2.75) is 31.6 Å². The Bertz CT molecular complexity index is 528. The van der Waals surface area contributed by atoms with Crippen LogP contribution in [0.2, 0.25) is 0 Å². The fourth-order valence-electron chi connectivity index (χ4n) is 2.16. The molecule has 1 aliphatic heterocycles. The average molecular weight is 268 g/mol. The Balaban J connectivity index is 2.23. The molecular formula is C13H20N2O2S. The summed E-state index contributed by atoms with van der Waals surface area (Å²) < 4.78 is 26.4. The molecule has 1 aromatic carbocycles. The van der Waals surface area contributed by atoms with Gasteiger partial charge in [0.1, 0.15) is 0 Å². The molecule has 1 aromatic rings. The van der Waals surface area contributed by atoms with Crippen molar-refractivity contribution in [3.8, 4) is 0 Å². The Morgan fingerprint density at radius 1 is 1.22 bits per heavy atom. The van der Waals surface area contributed by atoms with Gasteiger partial charge in [0.25, 0.3) is 0 Å².